The van der Waals surface area contributed by atoms with Gasteiger partial charge in [0, 0.05) is 34.4 Å². The molecule has 0 aliphatic heterocycles. The summed E-state index contributed by atoms with van der Waals surface area (Å²) in [4.78, 5) is 4.69. The van der Waals surface area contributed by atoms with Gasteiger partial charge in [0.05, 0.1) is 6.54 Å². The minimum atomic E-state index is -0.686. The topological polar surface area (TPSA) is 53.5 Å². The molecular weight excluding hydrogens is 433 g/mol. The summed E-state index contributed by atoms with van der Waals surface area (Å²) in [7, 11) is -0.686. The van der Waals surface area contributed by atoms with Gasteiger partial charge in [-0.1, -0.05) is 43.7 Å². The van der Waals surface area contributed by atoms with Crippen molar-refractivity contribution in [3.8, 4) is 0 Å². The maximum absolute atomic E-state index is 12.1. The van der Waals surface area contributed by atoms with Gasteiger partial charge in [-0.25, -0.2) is 4.99 Å². The van der Waals surface area contributed by atoms with E-state index in [9.17, 15) is 4.21 Å². The van der Waals surface area contributed by atoms with Gasteiger partial charge in [-0.2, -0.15) is 0 Å². The lowest BCUT2D eigenvalue weighted by Gasteiger charge is -2.30. The van der Waals surface area contributed by atoms with Crippen LogP contribution in [-0.4, -0.2) is 33.8 Å². The average molecular weight is 463 g/mol. The number of hydrogen-bond donors (Lipinski definition) is 2. The van der Waals surface area contributed by atoms with Crippen LogP contribution in [0, 0.1) is 0 Å². The molecule has 0 bridgehead atoms. The summed E-state index contributed by atoms with van der Waals surface area (Å²) in [6.07, 6.45) is 4.35. The fraction of sp³-hybridized carbons (Fsp3) is 0.611. The standard InChI is InChI=1S/C18H29N3OS.HI/c1-3-19-18(20-14-15-9-6-5-7-10-15)21-16-11-8-12-17(13-16)23(22)4-2;/h5-7,9-10,16-17H,3-4,8,11-14H2,1-2H3,(H2,19,20,21);1H. The smallest absolute Gasteiger partial charge is 0.191 e. The SMILES string of the molecule is CCNC(=NCc1ccccc1)NC1CCCC(S(=O)CC)C1.I. The number of nitrogens with one attached hydrogen (secondary N) is 2. The highest BCUT2D eigenvalue weighted by atomic mass is 127. The second kappa shape index (κ2) is 11.8. The van der Waals surface area contributed by atoms with Crippen LogP contribution in [0.25, 0.3) is 0 Å². The molecule has 0 spiro atoms. The minimum Gasteiger partial charge on any atom is -0.357 e. The van der Waals surface area contributed by atoms with E-state index < -0.39 is 10.8 Å². The van der Waals surface area contributed by atoms with Crippen molar-refractivity contribution in [2.24, 2.45) is 4.99 Å². The van der Waals surface area contributed by atoms with Crippen molar-refractivity contribution >= 4 is 40.7 Å². The maximum atomic E-state index is 12.1. The number of guanidine groups is 1. The highest BCUT2D eigenvalue weighted by Crippen LogP contribution is 2.23. The molecule has 0 heterocycles. The molecule has 0 radical (unpaired) electrons. The molecule has 2 rings (SSSR count). The lowest BCUT2D eigenvalue weighted by molar-refractivity contribution is 0.413. The lowest BCUT2D eigenvalue weighted by Crippen LogP contribution is -2.46. The van der Waals surface area contributed by atoms with Gasteiger partial charge in [0.2, 0.25) is 0 Å². The molecule has 136 valence electrons. The second-order valence-corrected chi connectivity index (χ2v) is 7.99. The van der Waals surface area contributed by atoms with Gasteiger partial charge >= 0.3 is 0 Å². The van der Waals surface area contributed by atoms with Crippen LogP contribution in [0.3, 0.4) is 0 Å². The number of benzene rings is 1. The molecule has 2 N–H and O–H groups in total. The third-order valence-electron chi connectivity index (χ3n) is 4.23. The van der Waals surface area contributed by atoms with Crippen molar-refractivity contribution in [2.45, 2.75) is 57.4 Å². The first kappa shape index (κ1) is 21.4. The Hall–Kier alpha value is -0.630. The van der Waals surface area contributed by atoms with Crippen LogP contribution in [0.4, 0.5) is 0 Å². The molecule has 1 aliphatic rings. The molecule has 1 aromatic rings. The van der Waals surface area contributed by atoms with Gasteiger partial charge in [0.15, 0.2) is 5.96 Å². The Labute approximate surface area is 165 Å². The molecule has 1 aliphatic carbocycles. The number of aliphatic imine (C=N–C) groups is 1. The quantitative estimate of drug-likeness (QED) is 0.386. The molecule has 1 saturated carbocycles. The van der Waals surface area contributed by atoms with Gasteiger partial charge in [-0.05, 0) is 31.7 Å². The Kier molecular flexibility index (Phi) is 10.6. The van der Waals surface area contributed by atoms with E-state index in [4.69, 9.17) is 0 Å². The van der Waals surface area contributed by atoms with Crippen LogP contribution >= 0.6 is 24.0 Å². The van der Waals surface area contributed by atoms with Crippen LogP contribution in [0.2, 0.25) is 0 Å². The zero-order valence-electron chi connectivity index (χ0n) is 14.7. The first-order valence-corrected chi connectivity index (χ1v) is 10.1. The van der Waals surface area contributed by atoms with Gasteiger partial charge in [0.25, 0.3) is 0 Å². The second-order valence-electron chi connectivity index (χ2n) is 5.98. The highest BCUT2D eigenvalue weighted by Gasteiger charge is 2.25. The number of halogens is 1. The molecule has 4 nitrogen and oxygen atoms in total. The Morgan fingerprint density at radius 1 is 1.25 bits per heavy atom. The number of nitrogens with zero attached hydrogens (tertiary/aromatic N) is 1. The molecular formula is C18H30IN3OS. The van der Waals surface area contributed by atoms with Crippen molar-refractivity contribution in [3.05, 3.63) is 35.9 Å². The third kappa shape index (κ3) is 7.09. The van der Waals surface area contributed by atoms with Gasteiger partial charge in [-0.15, -0.1) is 24.0 Å². The van der Waals surface area contributed by atoms with Crippen LogP contribution in [0.5, 0.6) is 0 Å². The van der Waals surface area contributed by atoms with Gasteiger partial charge in [0.1, 0.15) is 0 Å². The monoisotopic (exact) mass is 463 g/mol. The van der Waals surface area contributed by atoms with Gasteiger partial charge in [-0.3, -0.25) is 4.21 Å². The number of rotatable bonds is 6. The van der Waals surface area contributed by atoms with Crippen LogP contribution < -0.4 is 10.6 Å². The molecule has 3 unspecified atom stereocenters. The van der Waals surface area contributed by atoms with Crippen molar-refractivity contribution in [3.63, 3.8) is 0 Å². The summed E-state index contributed by atoms with van der Waals surface area (Å²) in [6, 6.07) is 10.7. The summed E-state index contributed by atoms with van der Waals surface area (Å²) in [5, 5.41) is 7.20. The third-order valence-corrected chi connectivity index (χ3v) is 5.97. The average Bonchev–Trinajstić information content (AvgIpc) is 2.60. The maximum Gasteiger partial charge on any atom is 0.191 e. The molecule has 0 saturated heterocycles. The molecule has 1 fully saturated rings. The van der Waals surface area contributed by atoms with E-state index in [1.807, 2.05) is 25.1 Å². The van der Waals surface area contributed by atoms with E-state index in [0.717, 1.165) is 43.9 Å². The summed E-state index contributed by atoms with van der Waals surface area (Å²) >= 11 is 0. The van der Waals surface area contributed by atoms with Crippen molar-refractivity contribution in [1.82, 2.24) is 10.6 Å². The molecule has 24 heavy (non-hydrogen) atoms. The first-order chi connectivity index (χ1) is 11.2. The van der Waals surface area contributed by atoms with Crippen LogP contribution in [0.1, 0.15) is 45.1 Å². The summed E-state index contributed by atoms with van der Waals surface area (Å²) in [5.74, 6) is 1.63. The van der Waals surface area contributed by atoms with Crippen molar-refractivity contribution < 1.29 is 4.21 Å². The number of hydrogen-bond acceptors (Lipinski definition) is 2. The zero-order chi connectivity index (χ0) is 16.5. The highest BCUT2D eigenvalue weighted by molar-refractivity contribution is 14.0. The van der Waals surface area contributed by atoms with Crippen molar-refractivity contribution in [1.29, 1.82) is 0 Å². The first-order valence-electron chi connectivity index (χ1n) is 8.68. The summed E-state index contributed by atoms with van der Waals surface area (Å²) < 4.78 is 12.1. The molecule has 3 atom stereocenters. The minimum absolute atomic E-state index is 0. The Morgan fingerprint density at radius 2 is 2.00 bits per heavy atom. The van der Waals surface area contributed by atoms with E-state index in [1.165, 1.54) is 5.56 Å². The van der Waals surface area contributed by atoms with Crippen molar-refractivity contribution in [2.75, 3.05) is 12.3 Å². The van der Waals surface area contributed by atoms with E-state index in [2.05, 4.69) is 34.7 Å². The molecule has 1 aromatic carbocycles. The fourth-order valence-corrected chi connectivity index (χ4v) is 4.37. The summed E-state index contributed by atoms with van der Waals surface area (Å²) in [6.45, 7) is 5.61. The van der Waals surface area contributed by atoms with E-state index in [-0.39, 0.29) is 24.0 Å². The van der Waals surface area contributed by atoms with Gasteiger partial charge < -0.3 is 10.6 Å². The molecule has 0 amide bonds. The Balaban J connectivity index is 0.00000288. The zero-order valence-corrected chi connectivity index (χ0v) is 17.8. The Bertz CT molecular complexity index is 524. The van der Waals surface area contributed by atoms with Crippen LogP contribution in [0.15, 0.2) is 35.3 Å². The van der Waals surface area contributed by atoms with E-state index in [0.29, 0.717) is 17.8 Å². The normalized spacial score (nSPS) is 22.3. The predicted octanol–water partition coefficient (Wildman–Crippen LogP) is 3.44. The molecule has 0 aromatic heterocycles. The Morgan fingerprint density at radius 3 is 2.67 bits per heavy atom. The van der Waals surface area contributed by atoms with Crippen LogP contribution in [-0.2, 0) is 17.3 Å². The lowest BCUT2D eigenvalue weighted by atomic mass is 9.95. The van der Waals surface area contributed by atoms with E-state index >= 15 is 0 Å². The predicted molar refractivity (Wildman–Crippen MR) is 115 cm³/mol. The van der Waals surface area contributed by atoms with E-state index in [1.54, 1.807) is 0 Å². The largest absolute Gasteiger partial charge is 0.357 e. The fourth-order valence-electron chi connectivity index (χ4n) is 3.02. The molecule has 6 heteroatoms. The summed E-state index contributed by atoms with van der Waals surface area (Å²) in [5.41, 5.74) is 1.21.